The van der Waals surface area contributed by atoms with Crippen LogP contribution < -0.4 is 10.1 Å². The van der Waals surface area contributed by atoms with Crippen LogP contribution in [0.1, 0.15) is 25.8 Å². The van der Waals surface area contributed by atoms with Crippen molar-refractivity contribution in [2.45, 2.75) is 33.2 Å². The van der Waals surface area contributed by atoms with Gasteiger partial charge in [-0.2, -0.15) is 0 Å². The maximum Gasteiger partial charge on any atom is 0.573 e. The Morgan fingerprint density at radius 2 is 1.94 bits per heavy atom. The quantitative estimate of drug-likeness (QED) is 0.842. The van der Waals surface area contributed by atoms with Crippen molar-refractivity contribution in [3.63, 3.8) is 0 Å². The molecule has 0 aliphatic carbocycles. The molecular weight excluding hydrogens is 243 g/mol. The molecule has 1 rings (SSSR count). The average Bonchev–Trinajstić information content (AvgIpc) is 2.29. The normalized spacial score (nSPS) is 13.4. The molecule has 0 aliphatic rings. The molecule has 2 nitrogen and oxygen atoms in total. The van der Waals surface area contributed by atoms with E-state index in [9.17, 15) is 13.2 Å². The Bertz CT molecular complexity index is 365. The molecule has 1 N–H and O–H groups in total. The van der Waals surface area contributed by atoms with Crippen LogP contribution in [0.25, 0.3) is 0 Å². The zero-order chi connectivity index (χ0) is 13.6. The standard InChI is InChI=1S/C13H18F3NO/c1-3-10(2)8-17-9-11-6-4-5-7-12(11)18-13(14,15)16/h4-7,10,17H,3,8-9H2,1-2H3. The summed E-state index contributed by atoms with van der Waals surface area (Å²) in [6.45, 7) is 5.31. The highest BCUT2D eigenvalue weighted by Crippen LogP contribution is 2.26. The summed E-state index contributed by atoms with van der Waals surface area (Å²) < 4.78 is 40.5. The molecule has 0 amide bonds. The Morgan fingerprint density at radius 3 is 2.56 bits per heavy atom. The first-order valence-electron chi connectivity index (χ1n) is 5.96. The molecule has 0 aliphatic heterocycles. The second-order valence-corrected chi connectivity index (χ2v) is 4.30. The largest absolute Gasteiger partial charge is 0.573 e. The smallest absolute Gasteiger partial charge is 0.405 e. The minimum absolute atomic E-state index is 0.137. The van der Waals surface area contributed by atoms with E-state index in [0.29, 0.717) is 18.0 Å². The summed E-state index contributed by atoms with van der Waals surface area (Å²) in [5, 5.41) is 3.13. The topological polar surface area (TPSA) is 21.3 Å². The van der Waals surface area contributed by atoms with Crippen LogP contribution in [-0.4, -0.2) is 12.9 Å². The van der Waals surface area contributed by atoms with Gasteiger partial charge < -0.3 is 10.1 Å². The van der Waals surface area contributed by atoms with Gasteiger partial charge in [-0.25, -0.2) is 0 Å². The molecule has 0 fully saturated rings. The van der Waals surface area contributed by atoms with Crippen molar-refractivity contribution in [1.82, 2.24) is 5.32 Å². The van der Waals surface area contributed by atoms with E-state index in [1.807, 2.05) is 0 Å². The molecule has 0 radical (unpaired) electrons. The first-order valence-corrected chi connectivity index (χ1v) is 5.96. The van der Waals surface area contributed by atoms with Crippen molar-refractivity contribution in [2.75, 3.05) is 6.54 Å². The van der Waals surface area contributed by atoms with Gasteiger partial charge in [0.1, 0.15) is 5.75 Å². The summed E-state index contributed by atoms with van der Waals surface area (Å²) in [6.07, 6.45) is -3.61. The lowest BCUT2D eigenvalue weighted by Crippen LogP contribution is -2.22. The monoisotopic (exact) mass is 261 g/mol. The maximum atomic E-state index is 12.2. The Labute approximate surface area is 105 Å². The van der Waals surface area contributed by atoms with Gasteiger partial charge in [0.2, 0.25) is 0 Å². The van der Waals surface area contributed by atoms with Crippen molar-refractivity contribution < 1.29 is 17.9 Å². The lowest BCUT2D eigenvalue weighted by molar-refractivity contribution is -0.274. The molecule has 5 heteroatoms. The predicted octanol–water partition coefficient (Wildman–Crippen LogP) is 3.72. The second kappa shape index (κ2) is 6.64. The fourth-order valence-electron chi connectivity index (χ4n) is 1.47. The van der Waals surface area contributed by atoms with Crippen molar-refractivity contribution in [3.05, 3.63) is 29.8 Å². The van der Waals surface area contributed by atoms with Gasteiger partial charge in [0.25, 0.3) is 0 Å². The number of halogens is 3. The summed E-state index contributed by atoms with van der Waals surface area (Å²) in [4.78, 5) is 0. The van der Waals surface area contributed by atoms with Crippen molar-refractivity contribution in [2.24, 2.45) is 5.92 Å². The Balaban J connectivity index is 2.59. The van der Waals surface area contributed by atoms with Crippen LogP contribution in [-0.2, 0) is 6.54 Å². The zero-order valence-electron chi connectivity index (χ0n) is 10.6. The van der Waals surface area contributed by atoms with E-state index in [1.54, 1.807) is 12.1 Å². The van der Waals surface area contributed by atoms with E-state index in [4.69, 9.17) is 0 Å². The Hall–Kier alpha value is -1.23. The van der Waals surface area contributed by atoms with Gasteiger partial charge in [-0.15, -0.1) is 13.2 Å². The third-order valence-corrected chi connectivity index (χ3v) is 2.70. The fourth-order valence-corrected chi connectivity index (χ4v) is 1.47. The van der Waals surface area contributed by atoms with Gasteiger partial charge in [0.15, 0.2) is 0 Å². The molecule has 0 spiro atoms. The fraction of sp³-hybridized carbons (Fsp3) is 0.538. The summed E-state index contributed by atoms with van der Waals surface area (Å²) in [7, 11) is 0. The molecule has 0 heterocycles. The number of ether oxygens (including phenoxy) is 1. The van der Waals surface area contributed by atoms with E-state index < -0.39 is 6.36 Å². The molecule has 0 saturated carbocycles. The minimum atomic E-state index is -4.65. The third kappa shape index (κ3) is 5.40. The molecule has 1 aromatic carbocycles. The van der Waals surface area contributed by atoms with Crippen LogP contribution >= 0.6 is 0 Å². The lowest BCUT2D eigenvalue weighted by Gasteiger charge is -2.14. The number of rotatable bonds is 6. The lowest BCUT2D eigenvalue weighted by atomic mass is 10.1. The second-order valence-electron chi connectivity index (χ2n) is 4.30. The van der Waals surface area contributed by atoms with Crippen LogP contribution in [0.15, 0.2) is 24.3 Å². The number of para-hydroxylation sites is 1. The van der Waals surface area contributed by atoms with Crippen LogP contribution in [0, 0.1) is 5.92 Å². The van der Waals surface area contributed by atoms with Crippen molar-refractivity contribution >= 4 is 0 Å². The van der Waals surface area contributed by atoms with Gasteiger partial charge in [-0.3, -0.25) is 0 Å². The number of hydrogen-bond donors (Lipinski definition) is 1. The first-order chi connectivity index (χ1) is 8.42. The summed E-state index contributed by atoms with van der Waals surface area (Å²) >= 11 is 0. The molecule has 1 aromatic rings. The predicted molar refractivity (Wildman–Crippen MR) is 64.3 cm³/mol. The minimum Gasteiger partial charge on any atom is -0.405 e. The Kier molecular flexibility index (Phi) is 5.47. The summed E-state index contributed by atoms with van der Waals surface area (Å²) in [5.74, 6) is 0.363. The van der Waals surface area contributed by atoms with E-state index in [-0.39, 0.29) is 5.75 Å². The molecule has 18 heavy (non-hydrogen) atoms. The van der Waals surface area contributed by atoms with Gasteiger partial charge in [0.05, 0.1) is 0 Å². The SMILES string of the molecule is CCC(C)CNCc1ccccc1OC(F)(F)F. The van der Waals surface area contributed by atoms with Crippen LogP contribution in [0.5, 0.6) is 5.75 Å². The van der Waals surface area contributed by atoms with Crippen molar-refractivity contribution in [1.29, 1.82) is 0 Å². The van der Waals surface area contributed by atoms with Crippen LogP contribution in [0.2, 0.25) is 0 Å². The number of nitrogens with one attached hydrogen (secondary N) is 1. The van der Waals surface area contributed by atoms with E-state index in [1.165, 1.54) is 12.1 Å². The molecule has 1 unspecified atom stereocenters. The molecule has 102 valence electrons. The highest BCUT2D eigenvalue weighted by molar-refractivity contribution is 5.33. The molecule has 0 saturated heterocycles. The van der Waals surface area contributed by atoms with Gasteiger partial charge in [-0.1, -0.05) is 38.5 Å². The van der Waals surface area contributed by atoms with E-state index in [2.05, 4.69) is 23.9 Å². The van der Waals surface area contributed by atoms with Gasteiger partial charge >= 0.3 is 6.36 Å². The van der Waals surface area contributed by atoms with Gasteiger partial charge in [-0.05, 0) is 18.5 Å². The van der Waals surface area contributed by atoms with Crippen LogP contribution in [0.3, 0.4) is 0 Å². The number of alkyl halides is 3. The highest BCUT2D eigenvalue weighted by atomic mass is 19.4. The average molecular weight is 261 g/mol. The third-order valence-electron chi connectivity index (χ3n) is 2.70. The van der Waals surface area contributed by atoms with Crippen LogP contribution in [0.4, 0.5) is 13.2 Å². The van der Waals surface area contributed by atoms with E-state index in [0.717, 1.165) is 13.0 Å². The van der Waals surface area contributed by atoms with E-state index >= 15 is 0 Å². The molecule has 0 aromatic heterocycles. The van der Waals surface area contributed by atoms with Gasteiger partial charge in [0, 0.05) is 12.1 Å². The maximum absolute atomic E-state index is 12.2. The highest BCUT2D eigenvalue weighted by Gasteiger charge is 2.31. The molecule has 0 bridgehead atoms. The van der Waals surface area contributed by atoms with Crippen molar-refractivity contribution in [3.8, 4) is 5.75 Å². The Morgan fingerprint density at radius 1 is 1.28 bits per heavy atom. The zero-order valence-corrected chi connectivity index (χ0v) is 10.6. The molecular formula is C13H18F3NO. The first kappa shape index (κ1) is 14.8. The molecule has 1 atom stereocenters. The summed E-state index contributed by atoms with van der Waals surface area (Å²) in [5.41, 5.74) is 0.512. The number of hydrogen-bond acceptors (Lipinski definition) is 2. The summed E-state index contributed by atoms with van der Waals surface area (Å²) in [6, 6.07) is 6.18. The number of benzene rings is 1.